The summed E-state index contributed by atoms with van der Waals surface area (Å²) in [6, 6.07) is 12.9. The van der Waals surface area contributed by atoms with Gasteiger partial charge >= 0.3 is 0 Å². The van der Waals surface area contributed by atoms with Gasteiger partial charge in [0.2, 0.25) is 5.91 Å². The van der Waals surface area contributed by atoms with Crippen molar-refractivity contribution in [2.75, 3.05) is 18.5 Å². The van der Waals surface area contributed by atoms with Gasteiger partial charge in [-0.15, -0.1) is 11.8 Å². The van der Waals surface area contributed by atoms with Crippen LogP contribution in [0.4, 0.5) is 5.69 Å². The molecule has 0 fully saturated rings. The molecule has 6 heteroatoms. The second-order valence-corrected chi connectivity index (χ2v) is 7.21. The first kappa shape index (κ1) is 17.0. The molecule has 1 heterocycles. The van der Waals surface area contributed by atoms with Crippen LogP contribution in [0.3, 0.4) is 0 Å². The molecule has 4 nitrogen and oxygen atoms in total. The topological polar surface area (TPSA) is 47.6 Å². The second-order valence-electron chi connectivity index (χ2n) is 5.39. The molecule has 1 N–H and O–H groups in total. The van der Waals surface area contributed by atoms with E-state index in [1.54, 1.807) is 12.1 Å². The number of halogens is 1. The highest BCUT2D eigenvalue weighted by atomic mass is 35.5. The second kappa shape index (κ2) is 7.81. The van der Waals surface area contributed by atoms with Crippen molar-refractivity contribution in [3.05, 3.63) is 47.5 Å². The number of nitrogens with one attached hydrogen (secondary N) is 1. The van der Waals surface area contributed by atoms with Crippen LogP contribution < -0.4 is 14.8 Å². The van der Waals surface area contributed by atoms with E-state index in [1.165, 1.54) is 11.8 Å². The zero-order chi connectivity index (χ0) is 16.9. The highest BCUT2D eigenvalue weighted by Gasteiger charge is 2.17. The quantitative estimate of drug-likeness (QED) is 0.805. The van der Waals surface area contributed by atoms with Crippen molar-refractivity contribution in [1.29, 1.82) is 0 Å². The largest absolute Gasteiger partial charge is 0.490 e. The van der Waals surface area contributed by atoms with Crippen molar-refractivity contribution < 1.29 is 14.3 Å². The molecule has 2 aromatic carbocycles. The van der Waals surface area contributed by atoms with Gasteiger partial charge < -0.3 is 14.8 Å². The van der Waals surface area contributed by atoms with Crippen LogP contribution in [0.25, 0.3) is 0 Å². The molecular weight excluding hydrogens is 346 g/mol. The van der Waals surface area contributed by atoms with E-state index in [0.717, 1.165) is 22.8 Å². The van der Waals surface area contributed by atoms with E-state index in [-0.39, 0.29) is 11.2 Å². The third-order valence-corrected chi connectivity index (χ3v) is 4.96. The van der Waals surface area contributed by atoms with Crippen molar-refractivity contribution in [3.8, 4) is 11.5 Å². The fourth-order valence-electron chi connectivity index (χ4n) is 2.27. The zero-order valence-corrected chi connectivity index (χ0v) is 14.8. The number of carbonyl (C=O) groups is 1. The number of benzene rings is 2. The number of para-hydroxylation sites is 1. The minimum atomic E-state index is -0.272. The molecule has 1 amide bonds. The van der Waals surface area contributed by atoms with Gasteiger partial charge in [-0.1, -0.05) is 23.7 Å². The van der Waals surface area contributed by atoms with Crippen LogP contribution in [0.1, 0.15) is 13.3 Å². The Bertz CT molecular complexity index is 738. The smallest absolute Gasteiger partial charge is 0.237 e. The van der Waals surface area contributed by atoms with Crippen molar-refractivity contribution >= 4 is 35.0 Å². The number of amides is 1. The van der Waals surface area contributed by atoms with Gasteiger partial charge in [0.1, 0.15) is 0 Å². The maximum Gasteiger partial charge on any atom is 0.237 e. The molecule has 0 radical (unpaired) electrons. The Morgan fingerprint density at radius 2 is 1.92 bits per heavy atom. The van der Waals surface area contributed by atoms with Gasteiger partial charge in [-0.3, -0.25) is 4.79 Å². The number of hydrogen-bond donors (Lipinski definition) is 1. The SMILES string of the molecule is C[C@@H](Sc1ccc2c(c1)OCCCO2)C(=O)Nc1ccccc1Cl. The molecule has 0 saturated heterocycles. The fourth-order valence-corrected chi connectivity index (χ4v) is 3.35. The summed E-state index contributed by atoms with van der Waals surface area (Å²) in [5, 5.41) is 3.11. The third kappa shape index (κ3) is 4.16. The first-order valence-corrected chi connectivity index (χ1v) is 9.01. The zero-order valence-electron chi connectivity index (χ0n) is 13.3. The lowest BCUT2D eigenvalue weighted by Gasteiger charge is -2.14. The Morgan fingerprint density at radius 3 is 2.71 bits per heavy atom. The van der Waals surface area contributed by atoms with E-state index in [1.807, 2.05) is 37.3 Å². The van der Waals surface area contributed by atoms with Crippen LogP contribution >= 0.6 is 23.4 Å². The average Bonchev–Trinajstić information content (AvgIpc) is 2.81. The number of hydrogen-bond acceptors (Lipinski definition) is 4. The number of fused-ring (bicyclic) bond motifs is 1. The number of carbonyl (C=O) groups excluding carboxylic acids is 1. The number of rotatable bonds is 4. The van der Waals surface area contributed by atoms with Crippen molar-refractivity contribution in [3.63, 3.8) is 0 Å². The monoisotopic (exact) mass is 363 g/mol. The molecule has 24 heavy (non-hydrogen) atoms. The molecule has 0 aliphatic carbocycles. The van der Waals surface area contributed by atoms with Crippen LogP contribution in [0.15, 0.2) is 47.4 Å². The van der Waals surface area contributed by atoms with Gasteiger partial charge in [0.25, 0.3) is 0 Å². The van der Waals surface area contributed by atoms with Gasteiger partial charge in [0.15, 0.2) is 11.5 Å². The molecule has 1 atom stereocenters. The number of thioether (sulfide) groups is 1. The predicted molar refractivity (Wildman–Crippen MR) is 97.4 cm³/mol. The van der Waals surface area contributed by atoms with Crippen LogP contribution in [-0.4, -0.2) is 24.4 Å². The predicted octanol–water partition coefficient (Wildman–Crippen LogP) is 4.62. The highest BCUT2D eigenvalue weighted by Crippen LogP contribution is 2.35. The summed E-state index contributed by atoms with van der Waals surface area (Å²) in [5.41, 5.74) is 0.621. The van der Waals surface area contributed by atoms with Crippen molar-refractivity contribution in [2.24, 2.45) is 0 Å². The van der Waals surface area contributed by atoms with Crippen molar-refractivity contribution in [2.45, 2.75) is 23.5 Å². The molecule has 1 aliphatic rings. The minimum absolute atomic E-state index is 0.0970. The van der Waals surface area contributed by atoms with Gasteiger partial charge in [0.05, 0.1) is 29.2 Å². The molecule has 3 rings (SSSR count). The van der Waals surface area contributed by atoms with E-state index in [9.17, 15) is 4.79 Å². The molecular formula is C18H18ClNO3S. The first-order valence-electron chi connectivity index (χ1n) is 7.75. The molecule has 126 valence electrons. The summed E-state index contributed by atoms with van der Waals surface area (Å²) < 4.78 is 11.3. The van der Waals surface area contributed by atoms with Gasteiger partial charge in [0, 0.05) is 11.3 Å². The average molecular weight is 364 g/mol. The minimum Gasteiger partial charge on any atom is -0.490 e. The standard InChI is InChI=1S/C18H18ClNO3S/c1-12(18(21)20-15-6-3-2-5-14(15)19)24-13-7-8-16-17(11-13)23-10-4-9-22-16/h2-3,5-8,11-12H,4,9-10H2,1H3,(H,20,21)/t12-/m1/s1. The molecule has 1 aliphatic heterocycles. The van der Waals surface area contributed by atoms with E-state index >= 15 is 0 Å². The molecule has 0 aromatic heterocycles. The van der Waals surface area contributed by atoms with Gasteiger partial charge in [-0.05, 0) is 37.3 Å². The van der Waals surface area contributed by atoms with Crippen LogP contribution in [0.2, 0.25) is 5.02 Å². The van der Waals surface area contributed by atoms with Gasteiger partial charge in [-0.25, -0.2) is 0 Å². The lowest BCUT2D eigenvalue weighted by Crippen LogP contribution is -2.22. The van der Waals surface area contributed by atoms with Gasteiger partial charge in [-0.2, -0.15) is 0 Å². The van der Waals surface area contributed by atoms with E-state index in [2.05, 4.69) is 5.32 Å². The van der Waals surface area contributed by atoms with E-state index < -0.39 is 0 Å². The Labute approximate surface area is 150 Å². The van der Waals surface area contributed by atoms with Crippen molar-refractivity contribution in [1.82, 2.24) is 0 Å². The normalized spacial score (nSPS) is 14.6. The third-order valence-electron chi connectivity index (χ3n) is 3.53. The van der Waals surface area contributed by atoms with Crippen LogP contribution in [0.5, 0.6) is 11.5 Å². The Morgan fingerprint density at radius 1 is 1.17 bits per heavy atom. The summed E-state index contributed by atoms with van der Waals surface area (Å²) in [4.78, 5) is 13.3. The molecule has 0 unspecified atom stereocenters. The number of ether oxygens (including phenoxy) is 2. The Hall–Kier alpha value is -1.85. The Kier molecular flexibility index (Phi) is 5.53. The highest BCUT2D eigenvalue weighted by molar-refractivity contribution is 8.00. The molecule has 0 bridgehead atoms. The Balaban J connectivity index is 1.66. The number of anilines is 1. The summed E-state index contributed by atoms with van der Waals surface area (Å²) >= 11 is 7.54. The lowest BCUT2D eigenvalue weighted by atomic mass is 10.3. The maximum atomic E-state index is 12.4. The summed E-state index contributed by atoms with van der Waals surface area (Å²) in [7, 11) is 0. The first-order chi connectivity index (χ1) is 11.6. The summed E-state index contributed by atoms with van der Waals surface area (Å²) in [6.45, 7) is 3.17. The molecule has 0 saturated carbocycles. The fraction of sp³-hybridized carbons (Fsp3) is 0.278. The van der Waals surface area contributed by atoms with Crippen LogP contribution in [-0.2, 0) is 4.79 Å². The maximum absolute atomic E-state index is 12.4. The van der Waals surface area contributed by atoms with E-state index in [0.29, 0.717) is 23.9 Å². The van der Waals surface area contributed by atoms with E-state index in [4.69, 9.17) is 21.1 Å². The summed E-state index contributed by atoms with van der Waals surface area (Å²) in [5.74, 6) is 1.39. The lowest BCUT2D eigenvalue weighted by molar-refractivity contribution is -0.115. The van der Waals surface area contributed by atoms with Crippen LogP contribution in [0, 0.1) is 0 Å². The molecule has 0 spiro atoms. The molecule has 2 aromatic rings. The summed E-state index contributed by atoms with van der Waals surface area (Å²) in [6.07, 6.45) is 0.869.